The quantitative estimate of drug-likeness (QED) is 0.445. The Balaban J connectivity index is 1.77. The van der Waals surface area contributed by atoms with Gasteiger partial charge in [0.2, 0.25) is 0 Å². The number of ether oxygens (including phenoxy) is 2. The second-order valence-corrected chi connectivity index (χ2v) is 10.6. The zero-order valence-electron chi connectivity index (χ0n) is 20.1. The molecule has 1 aliphatic heterocycles. The molecule has 37 heavy (non-hydrogen) atoms. The minimum absolute atomic E-state index is 0.146. The van der Waals surface area contributed by atoms with Crippen molar-refractivity contribution in [1.82, 2.24) is 9.88 Å². The summed E-state index contributed by atoms with van der Waals surface area (Å²) in [4.78, 5) is 5.29. The Kier molecular flexibility index (Phi) is 6.50. The fraction of sp³-hybridized carbons (Fsp3) is 0.370. The maximum atomic E-state index is 13.3. The molecule has 5 atom stereocenters. The van der Waals surface area contributed by atoms with Crippen molar-refractivity contribution in [3.8, 4) is 11.5 Å². The third-order valence-corrected chi connectivity index (χ3v) is 7.95. The topological polar surface area (TPSA) is 75.0 Å². The number of hydrogen-bond donors (Lipinski definition) is 2. The molecule has 0 bridgehead atoms. The fourth-order valence-electron chi connectivity index (χ4n) is 6.16. The Morgan fingerprint density at radius 1 is 1.11 bits per heavy atom. The molecule has 0 radical (unpaired) electrons. The molecular formula is C27H26BrF3N2O4. The predicted octanol–water partition coefficient (Wildman–Crippen LogP) is 4.60. The summed E-state index contributed by atoms with van der Waals surface area (Å²) in [6, 6.07) is 16.3. The Hall–Kier alpha value is -2.66. The summed E-state index contributed by atoms with van der Waals surface area (Å²) in [5, 5.41) is 24.6. The van der Waals surface area contributed by atoms with E-state index in [-0.39, 0.29) is 23.6 Å². The second-order valence-electron chi connectivity index (χ2n) is 9.63. The van der Waals surface area contributed by atoms with E-state index in [2.05, 4.69) is 20.9 Å². The lowest BCUT2D eigenvalue weighted by Gasteiger charge is -2.41. The van der Waals surface area contributed by atoms with Gasteiger partial charge < -0.3 is 19.7 Å². The summed E-state index contributed by atoms with van der Waals surface area (Å²) >= 11 is 3.44. The fourth-order valence-corrected chi connectivity index (χ4v) is 6.43. The first kappa shape index (κ1) is 26.0. The summed E-state index contributed by atoms with van der Waals surface area (Å²) in [7, 11) is 2.77. The largest absolute Gasteiger partial charge is 0.495 e. The van der Waals surface area contributed by atoms with E-state index in [1.54, 1.807) is 24.3 Å². The number of pyridine rings is 1. The van der Waals surface area contributed by atoms with Gasteiger partial charge in [-0.05, 0) is 30.3 Å². The van der Waals surface area contributed by atoms with E-state index in [0.29, 0.717) is 11.1 Å². The Morgan fingerprint density at radius 2 is 1.78 bits per heavy atom. The normalized spacial score (nSPS) is 28.6. The highest BCUT2D eigenvalue weighted by Gasteiger charge is 2.76. The van der Waals surface area contributed by atoms with Crippen molar-refractivity contribution in [3.63, 3.8) is 0 Å². The van der Waals surface area contributed by atoms with Crippen LogP contribution in [-0.2, 0) is 11.2 Å². The van der Waals surface area contributed by atoms with Gasteiger partial charge >= 0.3 is 6.18 Å². The van der Waals surface area contributed by atoms with Crippen LogP contribution in [0, 0.1) is 5.92 Å². The summed E-state index contributed by atoms with van der Waals surface area (Å²) < 4.78 is 52.8. The van der Waals surface area contributed by atoms with Crippen LogP contribution in [0.2, 0.25) is 0 Å². The van der Waals surface area contributed by atoms with Crippen molar-refractivity contribution in [2.75, 3.05) is 27.2 Å². The number of benzene rings is 2. The van der Waals surface area contributed by atoms with Crippen LogP contribution >= 0.6 is 15.9 Å². The van der Waals surface area contributed by atoms with Gasteiger partial charge in [0.05, 0.1) is 37.7 Å². The molecule has 0 spiro atoms. The number of aliphatic hydroxyl groups excluding tert-OH is 1. The molecule has 196 valence electrons. The number of aromatic nitrogens is 1. The molecule has 10 heteroatoms. The summed E-state index contributed by atoms with van der Waals surface area (Å²) in [5.41, 5.74) is -2.15. The first-order valence-electron chi connectivity index (χ1n) is 11.7. The molecule has 1 aromatic heterocycles. The smallest absolute Gasteiger partial charge is 0.401 e. The van der Waals surface area contributed by atoms with Crippen molar-refractivity contribution < 1.29 is 32.9 Å². The molecule has 6 nitrogen and oxygen atoms in total. The van der Waals surface area contributed by atoms with Gasteiger partial charge in [-0.2, -0.15) is 13.2 Å². The average molecular weight is 579 g/mol. The number of halogens is 4. The molecule has 0 saturated heterocycles. The standard InChI is InChI=1S/C27H26BrF3N2O4/c1-33(15-25(29,30)31)14-19-22(16-6-4-3-5-7-16)27(17-8-10-18(28)11-9-17)26(35,24(19)34)23-20(36-2)12-32-13-21(23)37-27/h3-13,19,22,24,34-35H,14-15H2,1-2H3/t19-,22-,24-,26+,27+/m1/s1. The Labute approximate surface area is 220 Å². The highest BCUT2D eigenvalue weighted by molar-refractivity contribution is 9.10. The predicted molar refractivity (Wildman–Crippen MR) is 133 cm³/mol. The monoisotopic (exact) mass is 578 g/mol. The van der Waals surface area contributed by atoms with Crippen LogP contribution in [0.1, 0.15) is 22.6 Å². The number of aliphatic hydroxyl groups is 2. The minimum atomic E-state index is -4.42. The number of fused-ring (bicyclic) bond motifs is 3. The van der Waals surface area contributed by atoms with Gasteiger partial charge in [-0.3, -0.25) is 9.88 Å². The van der Waals surface area contributed by atoms with Gasteiger partial charge in [0.1, 0.15) is 11.5 Å². The lowest BCUT2D eigenvalue weighted by molar-refractivity contribution is -0.155. The number of hydrogen-bond acceptors (Lipinski definition) is 6. The molecule has 1 saturated carbocycles. The Morgan fingerprint density at radius 3 is 2.41 bits per heavy atom. The molecule has 2 aliphatic rings. The van der Waals surface area contributed by atoms with Crippen LogP contribution in [0.5, 0.6) is 11.5 Å². The van der Waals surface area contributed by atoms with Crippen molar-refractivity contribution in [2.24, 2.45) is 5.92 Å². The van der Waals surface area contributed by atoms with E-state index < -0.39 is 41.9 Å². The molecule has 1 fully saturated rings. The van der Waals surface area contributed by atoms with Gasteiger partial charge in [-0.15, -0.1) is 0 Å². The molecular weight excluding hydrogens is 553 g/mol. The zero-order chi connectivity index (χ0) is 26.6. The average Bonchev–Trinajstić information content (AvgIpc) is 3.22. The van der Waals surface area contributed by atoms with E-state index in [1.807, 2.05) is 30.3 Å². The molecule has 2 aromatic carbocycles. The highest BCUT2D eigenvalue weighted by atomic mass is 79.9. The van der Waals surface area contributed by atoms with Crippen LogP contribution in [-0.4, -0.2) is 59.6 Å². The third-order valence-electron chi connectivity index (χ3n) is 7.42. The van der Waals surface area contributed by atoms with Crippen LogP contribution in [0.25, 0.3) is 0 Å². The van der Waals surface area contributed by atoms with Crippen molar-refractivity contribution in [3.05, 3.63) is 88.2 Å². The van der Waals surface area contributed by atoms with Gasteiger partial charge in [0, 0.05) is 22.9 Å². The first-order valence-corrected chi connectivity index (χ1v) is 12.5. The van der Waals surface area contributed by atoms with E-state index >= 15 is 0 Å². The maximum Gasteiger partial charge on any atom is 0.401 e. The lowest BCUT2D eigenvalue weighted by atomic mass is 9.70. The second kappa shape index (κ2) is 9.27. The van der Waals surface area contributed by atoms with Crippen LogP contribution in [0.3, 0.4) is 0 Å². The summed E-state index contributed by atoms with van der Waals surface area (Å²) in [6.45, 7) is -1.31. The SMILES string of the molecule is COc1cncc2c1[C@]1(O)[C@H](O)[C@H](CN(C)CC(F)(F)F)[C@@H](c3ccccc3)[C@]1(c1ccc(Br)cc1)O2. The van der Waals surface area contributed by atoms with E-state index in [1.165, 1.54) is 26.6 Å². The van der Waals surface area contributed by atoms with Crippen molar-refractivity contribution >= 4 is 15.9 Å². The highest BCUT2D eigenvalue weighted by Crippen LogP contribution is 2.69. The molecule has 2 N–H and O–H groups in total. The molecule has 5 rings (SSSR count). The van der Waals surface area contributed by atoms with E-state index in [4.69, 9.17) is 9.47 Å². The van der Waals surface area contributed by atoms with E-state index in [0.717, 1.165) is 9.37 Å². The maximum absolute atomic E-state index is 13.3. The van der Waals surface area contributed by atoms with Gasteiger partial charge in [0.25, 0.3) is 0 Å². The molecule has 0 unspecified atom stereocenters. The van der Waals surface area contributed by atoms with Gasteiger partial charge in [0.15, 0.2) is 11.2 Å². The number of alkyl halides is 3. The van der Waals surface area contributed by atoms with Crippen molar-refractivity contribution in [2.45, 2.75) is 29.4 Å². The zero-order valence-corrected chi connectivity index (χ0v) is 21.7. The number of rotatable bonds is 6. The molecule has 1 aliphatic carbocycles. The van der Waals surface area contributed by atoms with Crippen LogP contribution < -0.4 is 9.47 Å². The van der Waals surface area contributed by atoms with Gasteiger partial charge in [-0.25, -0.2) is 0 Å². The molecule has 0 amide bonds. The lowest BCUT2D eigenvalue weighted by Crippen LogP contribution is -2.52. The van der Waals surface area contributed by atoms with Crippen molar-refractivity contribution in [1.29, 1.82) is 0 Å². The minimum Gasteiger partial charge on any atom is -0.495 e. The van der Waals surface area contributed by atoms with Crippen LogP contribution in [0.15, 0.2) is 71.5 Å². The van der Waals surface area contributed by atoms with Crippen LogP contribution in [0.4, 0.5) is 13.2 Å². The summed E-state index contributed by atoms with van der Waals surface area (Å²) in [6.07, 6.45) is -3.05. The number of nitrogens with zero attached hydrogens (tertiary/aromatic N) is 2. The molecule has 3 aromatic rings. The first-order chi connectivity index (χ1) is 17.5. The Bertz CT molecular complexity index is 1280. The number of methoxy groups -OCH3 is 1. The molecule has 2 heterocycles. The summed E-state index contributed by atoms with van der Waals surface area (Å²) in [5.74, 6) is -1.11. The van der Waals surface area contributed by atoms with Gasteiger partial charge in [-0.1, -0.05) is 58.4 Å². The van der Waals surface area contributed by atoms with E-state index in [9.17, 15) is 23.4 Å². The third kappa shape index (κ3) is 4.01.